The van der Waals surface area contributed by atoms with Gasteiger partial charge in [0, 0.05) is 6.54 Å². The summed E-state index contributed by atoms with van der Waals surface area (Å²) >= 11 is 0. The summed E-state index contributed by atoms with van der Waals surface area (Å²) in [6, 6.07) is 3.47. The molecule has 0 aromatic heterocycles. The van der Waals surface area contributed by atoms with Crippen molar-refractivity contribution in [3.05, 3.63) is 23.3 Å². The van der Waals surface area contributed by atoms with Crippen LogP contribution in [-0.2, 0) is 19.6 Å². The van der Waals surface area contributed by atoms with Crippen LogP contribution >= 0.6 is 0 Å². The van der Waals surface area contributed by atoms with Crippen LogP contribution in [0.25, 0.3) is 0 Å². The van der Waals surface area contributed by atoms with E-state index in [9.17, 15) is 13.2 Å². The van der Waals surface area contributed by atoms with Gasteiger partial charge in [-0.3, -0.25) is 4.79 Å². The van der Waals surface area contributed by atoms with Crippen LogP contribution in [0.15, 0.2) is 17.0 Å². The van der Waals surface area contributed by atoms with Gasteiger partial charge in [-0.25, -0.2) is 13.1 Å². The van der Waals surface area contributed by atoms with Crippen molar-refractivity contribution >= 4 is 21.7 Å². The van der Waals surface area contributed by atoms with E-state index in [2.05, 4.69) is 4.72 Å². The Hall–Kier alpha value is -1.60. The summed E-state index contributed by atoms with van der Waals surface area (Å²) in [6.07, 6.45) is -0.0160. The largest absolute Gasteiger partial charge is 0.466 e. The Bertz CT molecular complexity index is 597. The van der Waals surface area contributed by atoms with Crippen LogP contribution in [0.3, 0.4) is 0 Å². The number of aryl methyl sites for hydroxylation is 2. The normalized spacial score (nSPS) is 11.3. The zero-order valence-corrected chi connectivity index (χ0v) is 12.7. The summed E-state index contributed by atoms with van der Waals surface area (Å²) in [7, 11) is -3.74. The van der Waals surface area contributed by atoms with Gasteiger partial charge in [0.2, 0.25) is 10.0 Å². The van der Waals surface area contributed by atoms with Crippen molar-refractivity contribution in [1.29, 1.82) is 0 Å². The van der Waals surface area contributed by atoms with Crippen molar-refractivity contribution in [3.8, 4) is 0 Å². The molecule has 6 nitrogen and oxygen atoms in total. The van der Waals surface area contributed by atoms with E-state index >= 15 is 0 Å². The van der Waals surface area contributed by atoms with Gasteiger partial charge in [-0.2, -0.15) is 0 Å². The van der Waals surface area contributed by atoms with E-state index in [1.165, 1.54) is 0 Å². The van der Waals surface area contributed by atoms with Crippen molar-refractivity contribution < 1.29 is 17.9 Å². The zero-order valence-electron chi connectivity index (χ0n) is 11.9. The number of hydrogen-bond donors (Lipinski definition) is 2. The molecule has 0 saturated carbocycles. The summed E-state index contributed by atoms with van der Waals surface area (Å²) in [5, 5.41) is 0. The third-order valence-electron chi connectivity index (χ3n) is 2.81. The second-order valence-corrected chi connectivity index (χ2v) is 6.10. The molecule has 0 heterocycles. The van der Waals surface area contributed by atoms with Crippen molar-refractivity contribution in [3.63, 3.8) is 0 Å². The number of nitrogen functional groups attached to an aromatic ring is 1. The number of anilines is 1. The molecule has 20 heavy (non-hydrogen) atoms. The lowest BCUT2D eigenvalue weighted by molar-refractivity contribution is -0.142. The highest BCUT2D eigenvalue weighted by Crippen LogP contribution is 2.25. The standard InChI is InChI=1S/C13H20N2O4S/c1-4-19-11(16)7-8-15-20(17,18)13-10(3)6-5-9(2)12(13)14/h5-6,15H,4,7-8,14H2,1-3H3. The Labute approximate surface area is 119 Å². The summed E-state index contributed by atoms with van der Waals surface area (Å²) in [4.78, 5) is 11.2. The lowest BCUT2D eigenvalue weighted by atomic mass is 10.1. The first-order valence-electron chi connectivity index (χ1n) is 6.30. The van der Waals surface area contributed by atoms with Gasteiger partial charge in [0.25, 0.3) is 0 Å². The molecular formula is C13H20N2O4S. The average Bonchev–Trinajstić information content (AvgIpc) is 2.34. The molecule has 0 aliphatic carbocycles. The second kappa shape index (κ2) is 6.71. The molecule has 0 amide bonds. The molecule has 0 radical (unpaired) electrons. The fourth-order valence-corrected chi connectivity index (χ4v) is 3.21. The van der Waals surface area contributed by atoms with Crippen molar-refractivity contribution in [2.24, 2.45) is 0 Å². The van der Waals surface area contributed by atoms with Gasteiger partial charge in [-0.15, -0.1) is 0 Å². The Kier molecular flexibility index (Phi) is 5.52. The summed E-state index contributed by atoms with van der Waals surface area (Å²) < 4.78 is 31.5. The maximum atomic E-state index is 12.2. The molecule has 0 bridgehead atoms. The molecule has 3 N–H and O–H groups in total. The van der Waals surface area contributed by atoms with Crippen LogP contribution in [0.1, 0.15) is 24.5 Å². The third-order valence-corrected chi connectivity index (χ3v) is 4.47. The predicted molar refractivity (Wildman–Crippen MR) is 76.8 cm³/mol. The monoisotopic (exact) mass is 300 g/mol. The Morgan fingerprint density at radius 2 is 1.90 bits per heavy atom. The van der Waals surface area contributed by atoms with E-state index in [-0.39, 0.29) is 30.2 Å². The number of sulfonamides is 1. The molecule has 1 aromatic rings. The van der Waals surface area contributed by atoms with Crippen LogP contribution in [0.5, 0.6) is 0 Å². The molecule has 7 heteroatoms. The minimum absolute atomic E-state index is 0.0160. The van der Waals surface area contributed by atoms with Crippen molar-refractivity contribution in [2.45, 2.75) is 32.1 Å². The van der Waals surface area contributed by atoms with E-state index in [1.807, 2.05) is 0 Å². The van der Waals surface area contributed by atoms with Crippen LogP contribution in [0, 0.1) is 13.8 Å². The van der Waals surface area contributed by atoms with Crippen molar-refractivity contribution in [2.75, 3.05) is 18.9 Å². The number of nitrogens with one attached hydrogen (secondary N) is 1. The summed E-state index contributed by atoms with van der Waals surface area (Å²) in [5.41, 5.74) is 7.33. The van der Waals surface area contributed by atoms with Gasteiger partial charge >= 0.3 is 5.97 Å². The molecule has 0 spiro atoms. The highest BCUT2D eigenvalue weighted by Gasteiger charge is 2.21. The SMILES string of the molecule is CCOC(=O)CCNS(=O)(=O)c1c(C)ccc(C)c1N. The maximum absolute atomic E-state index is 12.2. The summed E-state index contributed by atoms with van der Waals surface area (Å²) in [5.74, 6) is -0.441. The average molecular weight is 300 g/mol. The molecule has 0 saturated heterocycles. The molecular weight excluding hydrogens is 280 g/mol. The number of nitrogens with two attached hydrogens (primary N) is 1. The molecule has 1 rings (SSSR count). The number of hydrogen-bond acceptors (Lipinski definition) is 5. The maximum Gasteiger partial charge on any atom is 0.307 e. The first kappa shape index (κ1) is 16.5. The minimum atomic E-state index is -3.74. The molecule has 0 aliphatic heterocycles. The van der Waals surface area contributed by atoms with Crippen LogP contribution in [0.2, 0.25) is 0 Å². The number of carbonyl (C=O) groups excluding carboxylic acids is 1. The highest BCUT2D eigenvalue weighted by molar-refractivity contribution is 7.89. The first-order valence-corrected chi connectivity index (χ1v) is 7.79. The van der Waals surface area contributed by atoms with Gasteiger partial charge in [-0.1, -0.05) is 12.1 Å². The van der Waals surface area contributed by atoms with E-state index in [1.54, 1.807) is 32.9 Å². The van der Waals surface area contributed by atoms with Gasteiger partial charge in [0.05, 0.1) is 18.7 Å². The van der Waals surface area contributed by atoms with Crippen LogP contribution in [0.4, 0.5) is 5.69 Å². The third kappa shape index (κ3) is 3.94. The van der Waals surface area contributed by atoms with Gasteiger partial charge in [0.1, 0.15) is 4.90 Å². The summed E-state index contributed by atoms with van der Waals surface area (Å²) in [6.45, 7) is 5.37. The van der Waals surface area contributed by atoms with E-state index < -0.39 is 16.0 Å². The number of esters is 1. The lowest BCUT2D eigenvalue weighted by Crippen LogP contribution is -2.28. The van der Waals surface area contributed by atoms with Crippen LogP contribution < -0.4 is 10.5 Å². The molecule has 0 unspecified atom stereocenters. The van der Waals surface area contributed by atoms with Gasteiger partial charge in [0.15, 0.2) is 0 Å². The fourth-order valence-electron chi connectivity index (χ4n) is 1.76. The van der Waals surface area contributed by atoms with Crippen LogP contribution in [-0.4, -0.2) is 27.5 Å². The topological polar surface area (TPSA) is 98.5 Å². The Balaban J connectivity index is 2.85. The zero-order chi connectivity index (χ0) is 15.3. The smallest absolute Gasteiger partial charge is 0.307 e. The minimum Gasteiger partial charge on any atom is -0.466 e. The number of benzene rings is 1. The molecule has 0 aliphatic rings. The van der Waals surface area contributed by atoms with Gasteiger partial charge < -0.3 is 10.5 Å². The van der Waals surface area contributed by atoms with E-state index in [0.29, 0.717) is 11.1 Å². The molecule has 112 valence electrons. The predicted octanol–water partition coefficient (Wildman–Crippen LogP) is 1.12. The lowest BCUT2D eigenvalue weighted by Gasteiger charge is -2.13. The van der Waals surface area contributed by atoms with E-state index in [4.69, 9.17) is 10.5 Å². The molecule has 1 aromatic carbocycles. The second-order valence-electron chi connectivity index (χ2n) is 4.39. The van der Waals surface area contributed by atoms with Crippen molar-refractivity contribution in [1.82, 2.24) is 4.72 Å². The Morgan fingerprint density at radius 3 is 2.50 bits per heavy atom. The quantitative estimate of drug-likeness (QED) is 0.606. The number of rotatable bonds is 6. The number of carbonyl (C=O) groups is 1. The Morgan fingerprint density at radius 1 is 1.30 bits per heavy atom. The molecule has 0 fully saturated rings. The molecule has 0 atom stereocenters. The van der Waals surface area contributed by atoms with E-state index in [0.717, 1.165) is 0 Å². The fraction of sp³-hybridized carbons (Fsp3) is 0.462. The number of ether oxygens (including phenoxy) is 1. The van der Waals surface area contributed by atoms with Gasteiger partial charge in [-0.05, 0) is 31.9 Å². The highest BCUT2D eigenvalue weighted by atomic mass is 32.2. The first-order chi connectivity index (χ1) is 9.29.